The minimum absolute atomic E-state index is 0.607. The zero-order valence-corrected chi connectivity index (χ0v) is 24.0. The maximum atomic E-state index is 6.63. The second-order valence-electron chi connectivity index (χ2n) is 11.0. The summed E-state index contributed by atoms with van der Waals surface area (Å²) in [6.45, 7) is 2.14. The number of furan rings is 1. The van der Waals surface area contributed by atoms with Crippen molar-refractivity contribution < 1.29 is 8.98 Å². The maximum Gasteiger partial charge on any atom is 0.227 e. The van der Waals surface area contributed by atoms with E-state index in [1.54, 1.807) is 0 Å². The monoisotopic (exact) mass is 554 g/mol. The molecule has 4 nitrogen and oxygen atoms in total. The lowest BCUT2D eigenvalue weighted by Gasteiger charge is -2.10. The number of nitrogens with zero attached hydrogens (tertiary/aromatic N) is 3. The molecule has 0 atom stereocenters. The molecule has 4 aromatic carbocycles. The van der Waals surface area contributed by atoms with Gasteiger partial charge in [-0.05, 0) is 60.0 Å². The van der Waals surface area contributed by atoms with Crippen LogP contribution in [-0.4, -0.2) is 9.97 Å². The summed E-state index contributed by atoms with van der Waals surface area (Å²) in [7, 11) is 2.12. The van der Waals surface area contributed by atoms with Gasteiger partial charge in [-0.1, -0.05) is 84.9 Å². The summed E-state index contributed by atoms with van der Waals surface area (Å²) in [6.07, 6.45) is 0. The van der Waals surface area contributed by atoms with E-state index in [1.807, 2.05) is 24.3 Å². The Kier molecular flexibility index (Phi) is 5.86. The van der Waals surface area contributed by atoms with E-state index in [4.69, 9.17) is 14.4 Å². The maximum absolute atomic E-state index is 6.63. The molecule has 204 valence electrons. The minimum atomic E-state index is 0.607. The summed E-state index contributed by atoms with van der Waals surface area (Å²) >= 11 is 0. The molecule has 0 aliphatic heterocycles. The predicted octanol–water partition coefficient (Wildman–Crippen LogP) is 9.33. The lowest BCUT2D eigenvalue weighted by atomic mass is 10.00. The Balaban J connectivity index is 1.32. The fourth-order valence-electron chi connectivity index (χ4n) is 6.09. The van der Waals surface area contributed by atoms with E-state index in [1.165, 1.54) is 10.9 Å². The number of hydrogen-bond donors (Lipinski definition) is 0. The standard InChI is InChI=1S/C39H28N3O/c1-25-17-19-30-31-20-21-32(34-24-29(26-11-5-3-6-12-26)23-33(40-34)27-13-7-4-8-14-27)41-39(31)43-38(30)37(25)36-22-18-28-15-9-10-16-35(28)42(36)2/h3-24H,1-2H3/q+1. The summed E-state index contributed by atoms with van der Waals surface area (Å²) in [6, 6.07) is 46.2. The highest BCUT2D eigenvalue weighted by Gasteiger charge is 2.23. The van der Waals surface area contributed by atoms with Crippen molar-refractivity contribution in [2.24, 2.45) is 7.05 Å². The normalized spacial score (nSPS) is 11.5. The van der Waals surface area contributed by atoms with E-state index in [0.29, 0.717) is 5.71 Å². The second kappa shape index (κ2) is 10.0. The molecule has 0 saturated carbocycles. The van der Waals surface area contributed by atoms with Crippen molar-refractivity contribution in [2.45, 2.75) is 6.92 Å². The Hall–Kier alpha value is -5.61. The van der Waals surface area contributed by atoms with Gasteiger partial charge in [0.2, 0.25) is 16.9 Å². The van der Waals surface area contributed by atoms with Gasteiger partial charge < -0.3 is 4.42 Å². The largest absolute Gasteiger partial charge is 0.437 e. The van der Waals surface area contributed by atoms with Crippen LogP contribution in [0.1, 0.15) is 5.56 Å². The number of fused-ring (bicyclic) bond motifs is 4. The lowest BCUT2D eigenvalue weighted by molar-refractivity contribution is -0.633. The van der Waals surface area contributed by atoms with Crippen molar-refractivity contribution in [3.8, 4) is 45.0 Å². The molecular weight excluding hydrogens is 526 g/mol. The Morgan fingerprint density at radius 2 is 1.26 bits per heavy atom. The fourth-order valence-corrected chi connectivity index (χ4v) is 6.09. The van der Waals surface area contributed by atoms with Crippen molar-refractivity contribution in [1.82, 2.24) is 9.97 Å². The Morgan fingerprint density at radius 1 is 0.558 bits per heavy atom. The first-order valence-electron chi connectivity index (χ1n) is 14.5. The van der Waals surface area contributed by atoms with Gasteiger partial charge in [0, 0.05) is 33.9 Å². The number of rotatable bonds is 4. The highest BCUT2D eigenvalue weighted by Crippen LogP contribution is 2.38. The molecule has 0 amide bonds. The number of pyridine rings is 3. The molecule has 0 bridgehead atoms. The molecular formula is C39H28N3O+. The van der Waals surface area contributed by atoms with Gasteiger partial charge in [-0.2, -0.15) is 4.57 Å². The summed E-state index contributed by atoms with van der Waals surface area (Å²) in [5.74, 6) is 0. The minimum Gasteiger partial charge on any atom is -0.437 e. The summed E-state index contributed by atoms with van der Waals surface area (Å²) in [5.41, 5.74) is 11.8. The summed E-state index contributed by atoms with van der Waals surface area (Å²) < 4.78 is 8.87. The van der Waals surface area contributed by atoms with Crippen LogP contribution in [0.4, 0.5) is 0 Å². The van der Waals surface area contributed by atoms with Gasteiger partial charge in [0.15, 0.2) is 5.58 Å². The number of aromatic nitrogens is 3. The predicted molar refractivity (Wildman–Crippen MR) is 174 cm³/mol. The summed E-state index contributed by atoms with van der Waals surface area (Å²) in [5, 5.41) is 3.25. The van der Waals surface area contributed by atoms with Crippen molar-refractivity contribution in [2.75, 3.05) is 0 Å². The first-order chi connectivity index (χ1) is 21.1. The molecule has 0 fully saturated rings. The smallest absolute Gasteiger partial charge is 0.227 e. The van der Waals surface area contributed by atoms with Crippen LogP contribution in [0.5, 0.6) is 0 Å². The SMILES string of the molecule is Cc1ccc2c(oc3nc(-c4cc(-c5ccccc5)cc(-c5ccccc5)n4)ccc32)c1-c1ccc2ccccc2[n+]1C. The lowest BCUT2D eigenvalue weighted by Crippen LogP contribution is -2.32. The van der Waals surface area contributed by atoms with Gasteiger partial charge in [-0.15, -0.1) is 0 Å². The molecule has 0 N–H and O–H groups in total. The zero-order valence-electron chi connectivity index (χ0n) is 24.0. The highest BCUT2D eigenvalue weighted by atomic mass is 16.3. The third-order valence-electron chi connectivity index (χ3n) is 8.32. The molecule has 0 saturated heterocycles. The molecule has 0 spiro atoms. The number of aryl methyl sites for hydroxylation is 2. The molecule has 4 heteroatoms. The topological polar surface area (TPSA) is 42.8 Å². The molecule has 43 heavy (non-hydrogen) atoms. The average Bonchev–Trinajstić information content (AvgIpc) is 3.44. The van der Waals surface area contributed by atoms with E-state index >= 15 is 0 Å². The van der Waals surface area contributed by atoms with Crippen LogP contribution >= 0.6 is 0 Å². The third kappa shape index (κ3) is 4.27. The van der Waals surface area contributed by atoms with Crippen molar-refractivity contribution in [1.29, 1.82) is 0 Å². The number of para-hydroxylation sites is 1. The van der Waals surface area contributed by atoms with Crippen molar-refractivity contribution >= 4 is 33.0 Å². The van der Waals surface area contributed by atoms with Gasteiger partial charge in [-0.25, -0.2) is 9.97 Å². The van der Waals surface area contributed by atoms with E-state index < -0.39 is 0 Å². The molecule has 0 aliphatic rings. The molecule has 0 radical (unpaired) electrons. The van der Waals surface area contributed by atoms with Crippen LogP contribution in [0.25, 0.3) is 78.0 Å². The van der Waals surface area contributed by atoms with E-state index in [-0.39, 0.29) is 0 Å². The van der Waals surface area contributed by atoms with E-state index in [2.05, 4.69) is 128 Å². The average molecular weight is 555 g/mol. The van der Waals surface area contributed by atoms with Crippen LogP contribution in [0, 0.1) is 6.92 Å². The summed E-state index contributed by atoms with van der Waals surface area (Å²) in [4.78, 5) is 10.1. The van der Waals surface area contributed by atoms with Crippen LogP contribution in [0.15, 0.2) is 138 Å². The number of benzene rings is 4. The Morgan fingerprint density at radius 3 is 2.07 bits per heavy atom. The van der Waals surface area contributed by atoms with Crippen molar-refractivity contribution in [3.05, 3.63) is 139 Å². The zero-order chi connectivity index (χ0) is 28.9. The first kappa shape index (κ1) is 25.1. The van der Waals surface area contributed by atoms with E-state index in [0.717, 1.165) is 66.9 Å². The van der Waals surface area contributed by atoms with Gasteiger partial charge in [0.05, 0.1) is 22.6 Å². The van der Waals surface area contributed by atoms with Gasteiger partial charge in [0.1, 0.15) is 7.05 Å². The molecule has 0 aliphatic carbocycles. The second-order valence-corrected chi connectivity index (χ2v) is 11.0. The molecule has 4 aromatic heterocycles. The quantitative estimate of drug-likeness (QED) is 0.204. The van der Waals surface area contributed by atoms with Crippen LogP contribution in [0.3, 0.4) is 0 Å². The Bertz CT molecular complexity index is 2250. The van der Waals surface area contributed by atoms with Gasteiger partial charge in [0.25, 0.3) is 0 Å². The van der Waals surface area contributed by atoms with Crippen molar-refractivity contribution in [3.63, 3.8) is 0 Å². The first-order valence-corrected chi connectivity index (χ1v) is 14.5. The molecule has 0 unspecified atom stereocenters. The van der Waals surface area contributed by atoms with Crippen LogP contribution in [-0.2, 0) is 7.05 Å². The van der Waals surface area contributed by atoms with Crippen LogP contribution in [0.2, 0.25) is 0 Å². The van der Waals surface area contributed by atoms with Gasteiger partial charge >= 0.3 is 0 Å². The third-order valence-corrected chi connectivity index (χ3v) is 8.32. The Labute approximate surface area is 249 Å². The van der Waals surface area contributed by atoms with Crippen LogP contribution < -0.4 is 4.57 Å². The highest BCUT2D eigenvalue weighted by molar-refractivity contribution is 6.09. The molecule has 8 aromatic rings. The van der Waals surface area contributed by atoms with E-state index in [9.17, 15) is 0 Å². The van der Waals surface area contributed by atoms with Gasteiger partial charge in [-0.3, -0.25) is 0 Å². The fraction of sp³-hybridized carbons (Fsp3) is 0.0513. The molecule has 8 rings (SSSR count). The molecule has 4 heterocycles. The number of hydrogen-bond acceptors (Lipinski definition) is 3.